The first-order valence-corrected chi connectivity index (χ1v) is 10.1. The van der Waals surface area contributed by atoms with Crippen molar-refractivity contribution in [3.05, 3.63) is 58.9 Å². The van der Waals surface area contributed by atoms with Crippen LogP contribution in [0.1, 0.15) is 23.4 Å². The lowest BCUT2D eigenvalue weighted by molar-refractivity contribution is -0.126. The van der Waals surface area contributed by atoms with E-state index in [1.54, 1.807) is 11.3 Å². The van der Waals surface area contributed by atoms with Gasteiger partial charge in [0.1, 0.15) is 0 Å². The molecule has 1 aliphatic heterocycles. The second-order valence-corrected chi connectivity index (χ2v) is 7.79. The van der Waals surface area contributed by atoms with E-state index in [-0.39, 0.29) is 12.0 Å². The SMILES string of the molecule is Cc1csc2nc(CNC(=O)C[C@@H]3CN(Cc4ccccc4)CCO3)cn12. The van der Waals surface area contributed by atoms with Crippen LogP contribution in [0.5, 0.6) is 0 Å². The maximum Gasteiger partial charge on any atom is 0.222 e. The Morgan fingerprint density at radius 2 is 2.22 bits per heavy atom. The molecule has 1 amide bonds. The van der Waals surface area contributed by atoms with Gasteiger partial charge in [0.2, 0.25) is 5.91 Å². The Hall–Kier alpha value is -2.22. The van der Waals surface area contributed by atoms with Gasteiger partial charge in [0.15, 0.2) is 4.96 Å². The molecular formula is C20H24N4O2S. The van der Waals surface area contributed by atoms with Gasteiger partial charge in [0, 0.05) is 36.9 Å². The van der Waals surface area contributed by atoms with Crippen molar-refractivity contribution in [3.8, 4) is 0 Å². The highest BCUT2D eigenvalue weighted by molar-refractivity contribution is 7.15. The number of nitrogens with zero attached hydrogens (tertiary/aromatic N) is 3. The minimum atomic E-state index is -0.0600. The summed E-state index contributed by atoms with van der Waals surface area (Å²) < 4.78 is 7.85. The lowest BCUT2D eigenvalue weighted by atomic mass is 10.1. The third-order valence-electron chi connectivity index (χ3n) is 4.79. The normalized spacial score (nSPS) is 18.0. The van der Waals surface area contributed by atoms with E-state index in [0.29, 0.717) is 19.6 Å². The molecule has 1 fully saturated rings. The zero-order valence-corrected chi connectivity index (χ0v) is 16.2. The largest absolute Gasteiger partial charge is 0.375 e. The lowest BCUT2D eigenvalue weighted by Crippen LogP contribution is -2.44. The molecule has 1 aromatic carbocycles. The number of ether oxygens (including phenoxy) is 1. The molecule has 0 bridgehead atoms. The lowest BCUT2D eigenvalue weighted by Gasteiger charge is -2.32. The number of aromatic nitrogens is 2. The number of benzene rings is 1. The first-order valence-electron chi connectivity index (χ1n) is 9.24. The fraction of sp³-hybridized carbons (Fsp3) is 0.400. The molecule has 1 atom stereocenters. The number of imidazole rings is 1. The zero-order valence-electron chi connectivity index (χ0n) is 15.4. The molecule has 0 spiro atoms. The van der Waals surface area contributed by atoms with Crippen molar-refractivity contribution >= 4 is 22.2 Å². The number of morpholine rings is 1. The van der Waals surface area contributed by atoms with Gasteiger partial charge in [-0.3, -0.25) is 14.1 Å². The molecular weight excluding hydrogens is 360 g/mol. The van der Waals surface area contributed by atoms with Crippen LogP contribution < -0.4 is 5.32 Å². The third kappa shape index (κ3) is 4.55. The maximum absolute atomic E-state index is 12.3. The van der Waals surface area contributed by atoms with E-state index in [1.807, 2.05) is 12.3 Å². The van der Waals surface area contributed by atoms with Crippen molar-refractivity contribution in [1.82, 2.24) is 19.6 Å². The highest BCUT2D eigenvalue weighted by Crippen LogP contribution is 2.16. The summed E-state index contributed by atoms with van der Waals surface area (Å²) in [5.74, 6) is 0.00892. The predicted octanol–water partition coefficient (Wildman–Crippen LogP) is 2.61. The number of nitrogens with one attached hydrogen (secondary N) is 1. The van der Waals surface area contributed by atoms with Crippen LogP contribution in [-0.2, 0) is 22.6 Å². The smallest absolute Gasteiger partial charge is 0.222 e. The number of rotatable bonds is 6. The van der Waals surface area contributed by atoms with E-state index >= 15 is 0 Å². The Morgan fingerprint density at radius 3 is 3.04 bits per heavy atom. The molecule has 3 aromatic rings. The zero-order chi connectivity index (χ0) is 18.6. The Morgan fingerprint density at radius 1 is 1.37 bits per heavy atom. The van der Waals surface area contributed by atoms with Crippen LogP contribution in [0.3, 0.4) is 0 Å². The van der Waals surface area contributed by atoms with Gasteiger partial charge >= 0.3 is 0 Å². The topological polar surface area (TPSA) is 58.9 Å². The molecule has 0 saturated carbocycles. The monoisotopic (exact) mass is 384 g/mol. The molecule has 3 heterocycles. The summed E-state index contributed by atoms with van der Waals surface area (Å²) in [6, 6.07) is 10.4. The summed E-state index contributed by atoms with van der Waals surface area (Å²) in [6.45, 7) is 5.75. The second kappa shape index (κ2) is 8.21. The van der Waals surface area contributed by atoms with E-state index < -0.39 is 0 Å². The van der Waals surface area contributed by atoms with Gasteiger partial charge in [0.25, 0.3) is 0 Å². The van der Waals surface area contributed by atoms with E-state index in [2.05, 4.69) is 56.2 Å². The van der Waals surface area contributed by atoms with Gasteiger partial charge in [-0.25, -0.2) is 4.98 Å². The highest BCUT2D eigenvalue weighted by atomic mass is 32.1. The van der Waals surface area contributed by atoms with Crippen molar-refractivity contribution in [1.29, 1.82) is 0 Å². The second-order valence-electron chi connectivity index (χ2n) is 6.96. The highest BCUT2D eigenvalue weighted by Gasteiger charge is 2.23. The predicted molar refractivity (Wildman–Crippen MR) is 106 cm³/mol. The molecule has 142 valence electrons. The van der Waals surface area contributed by atoms with Crippen molar-refractivity contribution in [3.63, 3.8) is 0 Å². The van der Waals surface area contributed by atoms with E-state index in [1.165, 1.54) is 5.56 Å². The molecule has 6 nitrogen and oxygen atoms in total. The van der Waals surface area contributed by atoms with Crippen LogP contribution in [0.25, 0.3) is 4.96 Å². The fourth-order valence-corrected chi connectivity index (χ4v) is 4.25. The van der Waals surface area contributed by atoms with Crippen molar-refractivity contribution in [2.24, 2.45) is 0 Å². The number of thiazole rings is 1. The number of amides is 1. The summed E-state index contributed by atoms with van der Waals surface area (Å²) in [5, 5.41) is 5.05. The van der Waals surface area contributed by atoms with Crippen molar-refractivity contribution in [2.75, 3.05) is 19.7 Å². The first kappa shape index (κ1) is 18.2. The number of carbonyl (C=O) groups is 1. The van der Waals surface area contributed by atoms with E-state index in [4.69, 9.17) is 4.74 Å². The van der Waals surface area contributed by atoms with Crippen LogP contribution in [-0.4, -0.2) is 46.0 Å². The third-order valence-corrected chi connectivity index (χ3v) is 5.75. The van der Waals surface area contributed by atoms with Crippen molar-refractivity contribution < 1.29 is 9.53 Å². The molecule has 2 aromatic heterocycles. The van der Waals surface area contributed by atoms with Gasteiger partial charge in [0.05, 0.1) is 31.4 Å². The minimum absolute atomic E-state index is 0.00892. The molecule has 7 heteroatoms. The quantitative estimate of drug-likeness (QED) is 0.710. The van der Waals surface area contributed by atoms with Gasteiger partial charge in [-0.05, 0) is 12.5 Å². The maximum atomic E-state index is 12.3. The summed E-state index contributed by atoms with van der Waals surface area (Å²) in [5.41, 5.74) is 3.33. The van der Waals surface area contributed by atoms with Gasteiger partial charge in [-0.2, -0.15) is 0 Å². The molecule has 1 N–H and O–H groups in total. The van der Waals surface area contributed by atoms with Crippen LogP contribution in [0, 0.1) is 6.92 Å². The number of carbonyl (C=O) groups excluding carboxylic acids is 1. The van der Waals surface area contributed by atoms with Gasteiger partial charge < -0.3 is 10.1 Å². The van der Waals surface area contributed by atoms with Crippen molar-refractivity contribution in [2.45, 2.75) is 32.5 Å². The Labute approximate surface area is 162 Å². The fourth-order valence-electron chi connectivity index (χ4n) is 3.38. The van der Waals surface area contributed by atoms with Crippen LogP contribution in [0.2, 0.25) is 0 Å². The van der Waals surface area contributed by atoms with Crippen LogP contribution in [0.15, 0.2) is 41.9 Å². The molecule has 1 aliphatic rings. The van der Waals surface area contributed by atoms with E-state index in [0.717, 1.165) is 36.0 Å². The number of aryl methyl sites for hydroxylation is 1. The minimum Gasteiger partial charge on any atom is -0.375 e. The number of hydrogen-bond donors (Lipinski definition) is 1. The number of hydrogen-bond acceptors (Lipinski definition) is 5. The molecule has 4 rings (SSSR count). The van der Waals surface area contributed by atoms with Crippen LogP contribution >= 0.6 is 11.3 Å². The first-order chi connectivity index (χ1) is 13.2. The standard InChI is InChI=1S/C20H24N4O2S/c1-15-14-27-20-22-17(12-24(15)20)10-21-19(25)9-18-13-23(7-8-26-18)11-16-5-3-2-4-6-16/h2-6,12,14,18H,7-11,13H2,1H3,(H,21,25)/t18-/m1/s1. The summed E-state index contributed by atoms with van der Waals surface area (Å²) in [6.07, 6.45) is 2.31. The Bertz CT molecular complexity index is 905. The van der Waals surface area contributed by atoms with E-state index in [9.17, 15) is 4.79 Å². The molecule has 0 aliphatic carbocycles. The van der Waals surface area contributed by atoms with Gasteiger partial charge in [-0.15, -0.1) is 11.3 Å². The summed E-state index contributed by atoms with van der Waals surface area (Å²) in [7, 11) is 0. The molecule has 27 heavy (non-hydrogen) atoms. The molecule has 1 saturated heterocycles. The van der Waals surface area contributed by atoms with Gasteiger partial charge in [-0.1, -0.05) is 30.3 Å². The summed E-state index contributed by atoms with van der Waals surface area (Å²) in [4.78, 5) is 20.2. The average molecular weight is 385 g/mol. The molecule has 0 radical (unpaired) electrons. The average Bonchev–Trinajstić information content (AvgIpc) is 3.23. The Balaban J connectivity index is 1.26. The number of fused-ring (bicyclic) bond motifs is 1. The molecule has 0 unspecified atom stereocenters. The summed E-state index contributed by atoms with van der Waals surface area (Å²) >= 11 is 1.61. The van der Waals surface area contributed by atoms with Crippen LogP contribution in [0.4, 0.5) is 0 Å². The Kier molecular flexibility index (Phi) is 5.52.